The minimum Gasteiger partial charge on any atom is -0.368 e. The molecule has 0 spiro atoms. The maximum absolute atomic E-state index is 9.41. The second-order valence-electron chi connectivity index (χ2n) is 4.13. The molecule has 5 atom stereocenters. The van der Waals surface area contributed by atoms with Crippen molar-refractivity contribution < 1.29 is 9.84 Å². The molecule has 1 saturated carbocycles. The van der Waals surface area contributed by atoms with Gasteiger partial charge in [0.1, 0.15) is 0 Å². The van der Waals surface area contributed by atoms with Crippen LogP contribution in [0.5, 0.6) is 0 Å². The van der Waals surface area contributed by atoms with Crippen LogP contribution >= 0.6 is 0 Å². The molecule has 2 nitrogen and oxygen atoms in total. The van der Waals surface area contributed by atoms with Crippen molar-refractivity contribution in [1.82, 2.24) is 0 Å². The lowest BCUT2D eigenvalue weighted by atomic mass is 9.76. The molecule has 0 aromatic rings. The van der Waals surface area contributed by atoms with Gasteiger partial charge in [-0.1, -0.05) is 13.8 Å². The normalized spacial score (nSPS) is 56.5. The maximum atomic E-state index is 9.41. The molecule has 64 valence electrons. The van der Waals surface area contributed by atoms with Gasteiger partial charge in [0.2, 0.25) is 0 Å². The predicted octanol–water partition coefficient (Wildman–Crippen LogP) is 1.39. The van der Waals surface area contributed by atoms with Crippen LogP contribution in [0.25, 0.3) is 0 Å². The third-order valence-electron chi connectivity index (χ3n) is 3.41. The fourth-order valence-corrected chi connectivity index (χ4v) is 2.37. The Balaban J connectivity index is 2.12. The quantitative estimate of drug-likeness (QED) is 0.574. The van der Waals surface area contributed by atoms with Crippen LogP contribution in [0.15, 0.2) is 0 Å². The second kappa shape index (κ2) is 2.46. The van der Waals surface area contributed by atoms with Gasteiger partial charge < -0.3 is 9.84 Å². The average molecular weight is 156 g/mol. The first-order valence-electron chi connectivity index (χ1n) is 4.52. The molecule has 0 amide bonds. The molecule has 2 bridgehead atoms. The standard InChI is InChI=1S/C9H16O2/c1-5-3-7-4-8(6(5)2)11-9(7)10/h5-10H,3-4H2,1-2H3. The first-order chi connectivity index (χ1) is 5.18. The fraction of sp³-hybridized carbons (Fsp3) is 1.00. The van der Waals surface area contributed by atoms with Crippen molar-refractivity contribution in [2.75, 3.05) is 0 Å². The number of ether oxygens (including phenoxy) is 1. The summed E-state index contributed by atoms with van der Waals surface area (Å²) in [7, 11) is 0. The first-order valence-corrected chi connectivity index (χ1v) is 4.52. The molecule has 11 heavy (non-hydrogen) atoms. The minimum absolute atomic E-state index is 0.332. The Morgan fingerprint density at radius 2 is 2.00 bits per heavy atom. The van der Waals surface area contributed by atoms with E-state index in [0.29, 0.717) is 17.9 Å². The van der Waals surface area contributed by atoms with E-state index < -0.39 is 6.29 Å². The lowest BCUT2D eigenvalue weighted by Gasteiger charge is -2.29. The molecular formula is C9H16O2. The lowest BCUT2D eigenvalue weighted by molar-refractivity contribution is -0.109. The number of aliphatic hydroxyl groups excluding tert-OH is 1. The second-order valence-corrected chi connectivity index (χ2v) is 4.13. The van der Waals surface area contributed by atoms with E-state index in [1.165, 1.54) is 0 Å². The Hall–Kier alpha value is -0.0800. The Morgan fingerprint density at radius 3 is 2.73 bits per heavy atom. The fourth-order valence-electron chi connectivity index (χ4n) is 2.37. The molecule has 5 unspecified atom stereocenters. The Labute approximate surface area is 67.6 Å². The molecule has 1 heterocycles. The molecule has 0 radical (unpaired) electrons. The number of hydrogen-bond acceptors (Lipinski definition) is 2. The molecule has 0 aromatic heterocycles. The first kappa shape index (κ1) is 7.56. The number of hydrogen-bond donors (Lipinski definition) is 1. The molecule has 1 saturated heterocycles. The highest BCUT2D eigenvalue weighted by molar-refractivity contribution is 4.89. The van der Waals surface area contributed by atoms with Crippen LogP contribution in [0.1, 0.15) is 26.7 Å². The highest BCUT2D eigenvalue weighted by Crippen LogP contribution is 2.42. The average Bonchev–Trinajstić information content (AvgIpc) is 2.26. The van der Waals surface area contributed by atoms with Crippen LogP contribution in [0.4, 0.5) is 0 Å². The topological polar surface area (TPSA) is 29.5 Å². The van der Waals surface area contributed by atoms with E-state index in [-0.39, 0.29) is 0 Å². The van der Waals surface area contributed by atoms with Gasteiger partial charge in [-0.2, -0.15) is 0 Å². The lowest BCUT2D eigenvalue weighted by Crippen LogP contribution is -2.28. The van der Waals surface area contributed by atoms with Crippen LogP contribution in [0.2, 0.25) is 0 Å². The molecule has 2 heteroatoms. The molecule has 1 aliphatic carbocycles. The van der Waals surface area contributed by atoms with E-state index in [4.69, 9.17) is 4.74 Å². The van der Waals surface area contributed by atoms with Crippen molar-refractivity contribution >= 4 is 0 Å². The summed E-state index contributed by atoms with van der Waals surface area (Å²) in [6.45, 7) is 4.48. The molecule has 2 aliphatic rings. The molecule has 1 N–H and O–H groups in total. The van der Waals surface area contributed by atoms with Gasteiger partial charge in [-0.3, -0.25) is 0 Å². The Kier molecular flexibility index (Phi) is 1.69. The summed E-state index contributed by atoms with van der Waals surface area (Å²) in [4.78, 5) is 0. The summed E-state index contributed by atoms with van der Waals surface area (Å²) in [5.41, 5.74) is 0. The van der Waals surface area contributed by atoms with Crippen molar-refractivity contribution in [2.24, 2.45) is 17.8 Å². The molecular weight excluding hydrogens is 140 g/mol. The van der Waals surface area contributed by atoms with E-state index in [0.717, 1.165) is 18.8 Å². The van der Waals surface area contributed by atoms with E-state index in [1.807, 2.05) is 0 Å². The van der Waals surface area contributed by atoms with E-state index in [9.17, 15) is 5.11 Å². The zero-order valence-electron chi connectivity index (χ0n) is 7.16. The van der Waals surface area contributed by atoms with Gasteiger partial charge in [-0.15, -0.1) is 0 Å². The molecule has 1 aliphatic heterocycles. The molecule has 2 fully saturated rings. The van der Waals surface area contributed by atoms with Gasteiger partial charge in [0.25, 0.3) is 0 Å². The summed E-state index contributed by atoms with van der Waals surface area (Å²) in [5.74, 6) is 1.77. The zero-order valence-corrected chi connectivity index (χ0v) is 7.16. The third-order valence-corrected chi connectivity index (χ3v) is 3.41. The highest BCUT2D eigenvalue weighted by Gasteiger charge is 2.43. The number of aliphatic hydroxyl groups is 1. The van der Waals surface area contributed by atoms with E-state index in [1.54, 1.807) is 0 Å². The van der Waals surface area contributed by atoms with Crippen LogP contribution in [-0.4, -0.2) is 17.5 Å². The molecule has 2 rings (SSSR count). The summed E-state index contributed by atoms with van der Waals surface area (Å²) in [6.07, 6.45) is 2.08. The van der Waals surface area contributed by atoms with E-state index >= 15 is 0 Å². The Bertz CT molecular complexity index is 156. The van der Waals surface area contributed by atoms with Crippen LogP contribution in [0, 0.1) is 17.8 Å². The van der Waals surface area contributed by atoms with Crippen LogP contribution < -0.4 is 0 Å². The van der Waals surface area contributed by atoms with Gasteiger partial charge in [0.05, 0.1) is 6.10 Å². The number of fused-ring (bicyclic) bond motifs is 2. The van der Waals surface area contributed by atoms with Crippen LogP contribution in [-0.2, 0) is 4.74 Å². The van der Waals surface area contributed by atoms with Crippen molar-refractivity contribution in [3.8, 4) is 0 Å². The highest BCUT2D eigenvalue weighted by atomic mass is 16.6. The SMILES string of the molecule is CC1CC2CC(OC2O)C1C. The summed E-state index contributed by atoms with van der Waals surface area (Å²) >= 11 is 0. The zero-order chi connectivity index (χ0) is 8.01. The van der Waals surface area contributed by atoms with Crippen molar-refractivity contribution in [2.45, 2.75) is 39.1 Å². The van der Waals surface area contributed by atoms with Gasteiger partial charge in [-0.25, -0.2) is 0 Å². The Morgan fingerprint density at radius 1 is 1.27 bits per heavy atom. The van der Waals surface area contributed by atoms with E-state index in [2.05, 4.69) is 13.8 Å². The predicted molar refractivity (Wildman–Crippen MR) is 41.9 cm³/mol. The van der Waals surface area contributed by atoms with Gasteiger partial charge >= 0.3 is 0 Å². The largest absolute Gasteiger partial charge is 0.368 e. The van der Waals surface area contributed by atoms with Gasteiger partial charge in [0.15, 0.2) is 6.29 Å². The monoisotopic (exact) mass is 156 g/mol. The van der Waals surface area contributed by atoms with Crippen molar-refractivity contribution in [3.05, 3.63) is 0 Å². The summed E-state index contributed by atoms with van der Waals surface area (Å²) in [6, 6.07) is 0. The number of rotatable bonds is 0. The minimum atomic E-state index is -0.465. The summed E-state index contributed by atoms with van der Waals surface area (Å²) < 4.78 is 5.42. The summed E-state index contributed by atoms with van der Waals surface area (Å²) in [5, 5.41) is 9.41. The third kappa shape index (κ3) is 1.09. The van der Waals surface area contributed by atoms with Crippen molar-refractivity contribution in [1.29, 1.82) is 0 Å². The maximum Gasteiger partial charge on any atom is 0.157 e. The van der Waals surface area contributed by atoms with Gasteiger partial charge in [-0.05, 0) is 24.7 Å². The smallest absolute Gasteiger partial charge is 0.157 e. The van der Waals surface area contributed by atoms with Gasteiger partial charge in [0, 0.05) is 5.92 Å². The van der Waals surface area contributed by atoms with Crippen molar-refractivity contribution in [3.63, 3.8) is 0 Å². The van der Waals surface area contributed by atoms with Crippen LogP contribution in [0.3, 0.4) is 0 Å². The molecule has 0 aromatic carbocycles.